The van der Waals surface area contributed by atoms with E-state index in [1.54, 1.807) is 0 Å². The first-order valence-electron chi connectivity index (χ1n) is 5.99. The first-order valence-corrected chi connectivity index (χ1v) is 6.84. The largest absolute Gasteiger partial charge is 2.00 e. The fourth-order valence-electron chi connectivity index (χ4n) is 0.729. The fraction of sp³-hybridized carbons (Fsp3) is 0.769. The fourth-order valence-corrected chi connectivity index (χ4v) is 0.729. The molecule has 17 heavy (non-hydrogen) atoms. The van der Waals surface area contributed by atoms with Crippen molar-refractivity contribution in [2.24, 2.45) is 11.7 Å². The van der Waals surface area contributed by atoms with Crippen molar-refractivity contribution in [2.45, 2.75) is 59.3 Å². The van der Waals surface area contributed by atoms with Crippen LogP contribution in [0, 0.1) is 19.8 Å². The molecule has 0 aliphatic heterocycles. The Bertz CT molecular complexity index is 125. The molecule has 0 saturated heterocycles. The number of hydrogen-bond acceptors (Lipinski definition) is 1. The molecule has 0 heterocycles. The van der Waals surface area contributed by atoms with Crippen LogP contribution in [0.1, 0.15) is 59.3 Å². The Morgan fingerprint density at radius 2 is 1.59 bits per heavy atom. The van der Waals surface area contributed by atoms with Gasteiger partial charge in [-0.1, -0.05) is 58.7 Å². The second kappa shape index (κ2) is 25.6. The Morgan fingerprint density at radius 3 is 1.76 bits per heavy atom. The number of thiol groups is 1. The van der Waals surface area contributed by atoms with Gasteiger partial charge in [-0.05, 0) is 5.92 Å². The van der Waals surface area contributed by atoms with Crippen LogP contribution in [0.15, 0.2) is 0 Å². The molecule has 4 heteroatoms. The molecule has 0 aliphatic rings. The normalized spacial score (nSPS) is 8.18. The summed E-state index contributed by atoms with van der Waals surface area (Å²) in [6.45, 7) is 14.0. The molecule has 0 amide bonds. The third kappa shape index (κ3) is 79.1. The van der Waals surface area contributed by atoms with Crippen LogP contribution in [0.3, 0.4) is 0 Å². The zero-order chi connectivity index (χ0) is 13.4. The van der Waals surface area contributed by atoms with Crippen molar-refractivity contribution in [1.29, 1.82) is 0 Å². The Kier molecular flexibility index (Phi) is 39.9. The van der Waals surface area contributed by atoms with Gasteiger partial charge in [0.25, 0.3) is 0 Å². The summed E-state index contributed by atoms with van der Waals surface area (Å²) in [6, 6.07) is 0. The van der Waals surface area contributed by atoms with Crippen LogP contribution >= 0.6 is 24.8 Å². The second-order valence-electron chi connectivity index (χ2n) is 3.93. The first kappa shape index (κ1) is 26.4. The summed E-state index contributed by atoms with van der Waals surface area (Å²) in [5, 5.41) is 0. The van der Waals surface area contributed by atoms with E-state index in [9.17, 15) is 0 Å². The maximum atomic E-state index is 4.71. The molecule has 0 unspecified atom stereocenters. The summed E-state index contributed by atoms with van der Waals surface area (Å²) < 4.78 is 0.194. The summed E-state index contributed by atoms with van der Waals surface area (Å²) in [6.07, 6.45) is 7.42. The van der Waals surface area contributed by atoms with Gasteiger partial charge in [-0.3, -0.25) is 0 Å². The van der Waals surface area contributed by atoms with E-state index in [-0.39, 0.29) is 23.8 Å². The van der Waals surface area contributed by atoms with Crippen LogP contribution in [0.5, 0.6) is 0 Å². The van der Waals surface area contributed by atoms with Gasteiger partial charge in [0.15, 0.2) is 0 Å². The maximum Gasteiger partial charge on any atom is 2.00 e. The zero-order valence-corrected chi connectivity index (χ0v) is 16.6. The van der Waals surface area contributed by atoms with Crippen LogP contribution in [-0.4, -0.2) is 4.32 Å². The maximum absolute atomic E-state index is 4.71. The Labute approximate surface area is 133 Å². The van der Waals surface area contributed by atoms with E-state index >= 15 is 0 Å². The van der Waals surface area contributed by atoms with Crippen molar-refractivity contribution in [2.75, 3.05) is 0 Å². The van der Waals surface area contributed by atoms with E-state index in [0.29, 0.717) is 0 Å². The molecule has 0 aliphatic carbocycles. The molecule has 100 valence electrons. The Morgan fingerprint density at radius 1 is 1.24 bits per heavy atom. The van der Waals surface area contributed by atoms with Gasteiger partial charge in [-0.2, -0.15) is 12.8 Å². The molecule has 0 rings (SSSR count). The predicted octanol–water partition coefficient (Wildman–Crippen LogP) is 4.81. The van der Waals surface area contributed by atoms with E-state index in [4.69, 9.17) is 5.73 Å². The summed E-state index contributed by atoms with van der Waals surface area (Å²) in [5.41, 5.74) is 4.71. The van der Waals surface area contributed by atoms with Crippen LogP contribution in [0.25, 0.3) is 0 Å². The van der Waals surface area contributed by atoms with Crippen LogP contribution in [0.2, 0.25) is 0 Å². The predicted molar refractivity (Wildman–Crippen MR) is 84.7 cm³/mol. The van der Waals surface area contributed by atoms with Crippen molar-refractivity contribution in [3.63, 3.8) is 0 Å². The van der Waals surface area contributed by atoms with Gasteiger partial charge in [-0.25, -0.2) is 0 Å². The third-order valence-electron chi connectivity index (χ3n) is 1.64. The molecule has 0 atom stereocenters. The van der Waals surface area contributed by atoms with Gasteiger partial charge in [0.2, 0.25) is 0 Å². The molecule has 0 radical (unpaired) electrons. The van der Waals surface area contributed by atoms with Gasteiger partial charge in [0.05, 0.1) is 0 Å². The van der Waals surface area contributed by atoms with Crippen LogP contribution in [-0.2, 0) is 19.5 Å². The van der Waals surface area contributed by atoms with E-state index in [0.717, 1.165) is 18.8 Å². The van der Waals surface area contributed by atoms with Crippen molar-refractivity contribution in [1.82, 2.24) is 0 Å². The van der Waals surface area contributed by atoms with Crippen molar-refractivity contribution in [3.05, 3.63) is 13.8 Å². The molecule has 1 nitrogen and oxygen atoms in total. The molecule has 2 N–H and O–H groups in total. The molecule has 0 saturated carbocycles. The number of unbranched alkanes of at least 4 members (excludes halogenated alkanes) is 3. The quantitative estimate of drug-likeness (QED) is 0.249. The molecule has 0 bridgehead atoms. The minimum absolute atomic E-state index is 0. The summed E-state index contributed by atoms with van der Waals surface area (Å²) in [4.78, 5) is 0. The molecule has 0 fully saturated rings. The minimum atomic E-state index is 0. The SMILES string of the molecule is NC(=S)S.[CH2-]CCC.[CH2-]CCCCC(C)C.[Zn+2]. The van der Waals surface area contributed by atoms with Crippen molar-refractivity contribution in [3.8, 4) is 0 Å². The van der Waals surface area contributed by atoms with E-state index in [2.05, 4.69) is 59.5 Å². The summed E-state index contributed by atoms with van der Waals surface area (Å²) in [5.74, 6) is 0.876. The minimum Gasteiger partial charge on any atom is -0.385 e. The summed E-state index contributed by atoms with van der Waals surface area (Å²) in [7, 11) is 0. The van der Waals surface area contributed by atoms with Crippen LogP contribution in [0.4, 0.5) is 0 Å². The average molecular weight is 329 g/mol. The molecule has 0 spiro atoms. The molecular weight excluding hydrogens is 300 g/mol. The van der Waals surface area contributed by atoms with Gasteiger partial charge < -0.3 is 19.6 Å². The van der Waals surface area contributed by atoms with Gasteiger partial charge in [-0.15, -0.1) is 12.6 Å². The van der Waals surface area contributed by atoms with Gasteiger partial charge in [0, 0.05) is 0 Å². The number of rotatable bonds is 5. The second-order valence-corrected chi connectivity index (χ2v) is 5.16. The summed E-state index contributed by atoms with van der Waals surface area (Å²) >= 11 is 7.65. The van der Waals surface area contributed by atoms with Crippen molar-refractivity contribution < 1.29 is 19.5 Å². The molecule has 0 aromatic carbocycles. The molecular formula is C13H29NS2Zn. The van der Waals surface area contributed by atoms with Gasteiger partial charge in [0.1, 0.15) is 4.32 Å². The topological polar surface area (TPSA) is 26.0 Å². The van der Waals surface area contributed by atoms with Crippen molar-refractivity contribution >= 4 is 29.2 Å². The van der Waals surface area contributed by atoms with Gasteiger partial charge >= 0.3 is 19.5 Å². The average Bonchev–Trinajstić information content (AvgIpc) is 2.17. The first-order chi connectivity index (χ1) is 7.42. The van der Waals surface area contributed by atoms with Crippen LogP contribution < -0.4 is 5.73 Å². The Hall–Kier alpha value is 0.863. The molecule has 0 aromatic heterocycles. The standard InChI is InChI=1S/C8H17.C4H9.CH3NS2.Zn/c1-4-5-6-7-8(2)3;1-3-4-2;2-1(3)4;/h8H,1,4-7H2,2-3H3;1,3-4H2,2H3;(H3,2,3,4);/q2*-1;;+2. The van der Waals surface area contributed by atoms with E-state index in [1.807, 2.05) is 0 Å². The monoisotopic (exact) mass is 327 g/mol. The van der Waals surface area contributed by atoms with E-state index in [1.165, 1.54) is 25.7 Å². The zero-order valence-electron chi connectivity index (χ0n) is 11.9. The number of hydrogen-bond donors (Lipinski definition) is 2. The molecule has 0 aromatic rings. The van der Waals surface area contributed by atoms with E-state index < -0.39 is 0 Å². The number of nitrogens with two attached hydrogens (primary N) is 1. The smallest absolute Gasteiger partial charge is 0.385 e. The third-order valence-corrected chi connectivity index (χ3v) is 1.64. The Balaban J connectivity index is -0.0000000806. The number of thiocarbonyl (C=S) groups is 1.